The Morgan fingerprint density at radius 3 is 2.56 bits per heavy atom. The summed E-state index contributed by atoms with van der Waals surface area (Å²) in [4.78, 5) is 18.5. The Labute approximate surface area is 202 Å². The lowest BCUT2D eigenvalue weighted by Gasteiger charge is -2.23. The minimum atomic E-state index is 0.226. The number of carbonyl (C=O) groups excluding carboxylic acids is 1. The number of aromatic amines is 1. The molecule has 0 saturated heterocycles. The summed E-state index contributed by atoms with van der Waals surface area (Å²) >= 11 is 0. The largest absolute Gasteiger partial charge is 0.489 e. The van der Waals surface area contributed by atoms with Crippen LogP contribution in [0.2, 0.25) is 0 Å². The van der Waals surface area contributed by atoms with E-state index >= 15 is 0 Å². The number of unbranched alkanes of at least 4 members (excludes halogenated alkanes) is 2. The summed E-state index contributed by atoms with van der Waals surface area (Å²) in [5.41, 5.74) is 4.62. The first-order valence-corrected chi connectivity index (χ1v) is 12.3. The summed E-state index contributed by atoms with van der Waals surface area (Å²) in [5, 5.41) is 1.23. The second-order valence-corrected chi connectivity index (χ2v) is 8.80. The Kier molecular flexibility index (Phi) is 8.39. The van der Waals surface area contributed by atoms with Crippen molar-refractivity contribution >= 4 is 16.8 Å². The van der Waals surface area contributed by atoms with Crippen LogP contribution >= 0.6 is 0 Å². The van der Waals surface area contributed by atoms with Gasteiger partial charge in [-0.25, -0.2) is 0 Å². The fourth-order valence-electron chi connectivity index (χ4n) is 4.27. The Balaban J connectivity index is 1.43. The molecule has 1 heterocycles. The number of amides is 1. The molecule has 0 spiro atoms. The van der Waals surface area contributed by atoms with Crippen LogP contribution in [-0.2, 0) is 24.4 Å². The molecule has 0 bridgehead atoms. The third-order valence-electron chi connectivity index (χ3n) is 6.19. The van der Waals surface area contributed by atoms with E-state index in [1.54, 1.807) is 0 Å². The fourth-order valence-corrected chi connectivity index (χ4v) is 4.27. The molecule has 4 rings (SSSR count). The zero-order valence-corrected chi connectivity index (χ0v) is 20.0. The summed E-state index contributed by atoms with van der Waals surface area (Å²) in [6.07, 6.45) is 6.65. The van der Waals surface area contributed by atoms with E-state index in [0.717, 1.165) is 48.1 Å². The van der Waals surface area contributed by atoms with Crippen LogP contribution in [0.5, 0.6) is 5.75 Å². The van der Waals surface area contributed by atoms with E-state index in [-0.39, 0.29) is 5.91 Å². The fraction of sp³-hybridized carbons (Fsp3) is 0.300. The normalized spacial score (nSPS) is 11.0. The molecule has 3 aromatic carbocycles. The van der Waals surface area contributed by atoms with Crippen LogP contribution < -0.4 is 4.74 Å². The predicted octanol–water partition coefficient (Wildman–Crippen LogP) is 6.90. The van der Waals surface area contributed by atoms with Crippen LogP contribution in [0.4, 0.5) is 0 Å². The summed E-state index contributed by atoms with van der Waals surface area (Å²) < 4.78 is 6.01. The molecule has 34 heavy (non-hydrogen) atoms. The summed E-state index contributed by atoms with van der Waals surface area (Å²) in [6.45, 7) is 3.99. The van der Waals surface area contributed by atoms with Gasteiger partial charge in [-0.05, 0) is 47.7 Å². The second-order valence-electron chi connectivity index (χ2n) is 8.80. The molecule has 0 fully saturated rings. The van der Waals surface area contributed by atoms with Crippen molar-refractivity contribution in [3.05, 3.63) is 102 Å². The number of aromatic nitrogens is 1. The Bertz CT molecular complexity index is 1180. The van der Waals surface area contributed by atoms with Crippen molar-refractivity contribution in [1.82, 2.24) is 9.88 Å². The van der Waals surface area contributed by atoms with Gasteiger partial charge in [0.25, 0.3) is 0 Å². The minimum Gasteiger partial charge on any atom is -0.489 e. The van der Waals surface area contributed by atoms with E-state index in [9.17, 15) is 4.79 Å². The van der Waals surface area contributed by atoms with Crippen molar-refractivity contribution in [3.63, 3.8) is 0 Å². The number of para-hydroxylation sites is 1. The molecule has 4 heteroatoms. The number of ether oxygens (including phenoxy) is 1. The van der Waals surface area contributed by atoms with E-state index in [4.69, 9.17) is 4.74 Å². The van der Waals surface area contributed by atoms with E-state index in [1.165, 1.54) is 10.9 Å². The molecule has 0 aliphatic heterocycles. The zero-order valence-electron chi connectivity index (χ0n) is 20.0. The molecule has 0 aliphatic rings. The molecule has 4 nitrogen and oxygen atoms in total. The maximum Gasteiger partial charge on any atom is 0.222 e. The molecule has 0 unspecified atom stereocenters. The van der Waals surface area contributed by atoms with Gasteiger partial charge >= 0.3 is 0 Å². The standard InChI is InChI=1S/C30H34N2O2/c1-2-3-5-17-30(33)32(19-18-26-21-31-29-16-9-8-15-28(26)29)22-25-13-10-14-27(20-25)34-23-24-11-6-4-7-12-24/h4,6-16,20-21,31H,2-3,5,17-19,22-23H2,1H3. The van der Waals surface area contributed by atoms with E-state index in [0.29, 0.717) is 26.1 Å². The topological polar surface area (TPSA) is 45.3 Å². The van der Waals surface area contributed by atoms with E-state index < -0.39 is 0 Å². The molecule has 0 saturated carbocycles. The van der Waals surface area contributed by atoms with Gasteiger partial charge < -0.3 is 14.6 Å². The highest BCUT2D eigenvalue weighted by atomic mass is 16.5. The quantitative estimate of drug-likeness (QED) is 0.237. The highest BCUT2D eigenvalue weighted by Gasteiger charge is 2.15. The average Bonchev–Trinajstić information content (AvgIpc) is 3.29. The first-order valence-electron chi connectivity index (χ1n) is 12.3. The summed E-state index contributed by atoms with van der Waals surface area (Å²) in [6, 6.07) is 26.6. The maximum absolute atomic E-state index is 13.1. The average molecular weight is 455 g/mol. The van der Waals surface area contributed by atoms with Gasteiger partial charge in [-0.15, -0.1) is 0 Å². The van der Waals surface area contributed by atoms with E-state index in [1.807, 2.05) is 41.3 Å². The number of rotatable bonds is 12. The number of H-pyrrole nitrogens is 1. The van der Waals surface area contributed by atoms with Crippen LogP contribution in [0, 0.1) is 0 Å². The highest BCUT2D eigenvalue weighted by Crippen LogP contribution is 2.21. The van der Waals surface area contributed by atoms with Crippen LogP contribution in [-0.4, -0.2) is 22.3 Å². The van der Waals surface area contributed by atoms with Crippen LogP contribution in [0.1, 0.15) is 49.3 Å². The lowest BCUT2D eigenvalue weighted by molar-refractivity contribution is -0.131. The molecule has 176 valence electrons. The molecular formula is C30H34N2O2. The number of hydrogen-bond acceptors (Lipinski definition) is 2. The maximum atomic E-state index is 13.1. The first kappa shape index (κ1) is 23.6. The van der Waals surface area contributed by atoms with Gasteiger partial charge in [0.1, 0.15) is 12.4 Å². The van der Waals surface area contributed by atoms with Crippen molar-refractivity contribution < 1.29 is 9.53 Å². The molecule has 0 radical (unpaired) electrons. The van der Waals surface area contributed by atoms with Crippen molar-refractivity contribution in [2.45, 2.75) is 52.2 Å². The molecule has 0 aliphatic carbocycles. The summed E-state index contributed by atoms with van der Waals surface area (Å²) in [7, 11) is 0. The Hall–Kier alpha value is -3.53. The number of nitrogens with zero attached hydrogens (tertiary/aromatic N) is 1. The number of carbonyl (C=O) groups is 1. The van der Waals surface area contributed by atoms with E-state index in [2.05, 4.69) is 60.6 Å². The SMILES string of the molecule is CCCCCC(=O)N(CCc1c[nH]c2ccccc12)Cc1cccc(OCc2ccccc2)c1. The zero-order chi connectivity index (χ0) is 23.6. The van der Waals surface area contributed by atoms with Gasteiger partial charge in [-0.2, -0.15) is 0 Å². The van der Waals surface area contributed by atoms with Gasteiger partial charge in [-0.1, -0.05) is 80.4 Å². The Morgan fingerprint density at radius 1 is 0.912 bits per heavy atom. The van der Waals surface area contributed by atoms with Crippen LogP contribution in [0.3, 0.4) is 0 Å². The first-order chi connectivity index (χ1) is 16.7. The molecular weight excluding hydrogens is 420 g/mol. The lowest BCUT2D eigenvalue weighted by Crippen LogP contribution is -2.32. The van der Waals surface area contributed by atoms with Gasteiger partial charge in [0, 0.05) is 36.6 Å². The number of nitrogens with one attached hydrogen (secondary N) is 1. The van der Waals surface area contributed by atoms with Crippen LogP contribution in [0.25, 0.3) is 10.9 Å². The molecule has 0 atom stereocenters. The minimum absolute atomic E-state index is 0.226. The monoisotopic (exact) mass is 454 g/mol. The van der Waals surface area contributed by atoms with Crippen molar-refractivity contribution in [2.75, 3.05) is 6.54 Å². The van der Waals surface area contributed by atoms with Crippen molar-refractivity contribution in [3.8, 4) is 5.75 Å². The summed E-state index contributed by atoms with van der Waals surface area (Å²) in [5.74, 6) is 1.06. The lowest BCUT2D eigenvalue weighted by atomic mass is 10.1. The molecule has 1 aromatic heterocycles. The van der Waals surface area contributed by atoms with Crippen molar-refractivity contribution in [1.29, 1.82) is 0 Å². The highest BCUT2D eigenvalue weighted by molar-refractivity contribution is 5.83. The van der Waals surface area contributed by atoms with Gasteiger partial charge in [-0.3, -0.25) is 4.79 Å². The molecule has 1 N–H and O–H groups in total. The number of benzene rings is 3. The van der Waals surface area contributed by atoms with Crippen LogP contribution in [0.15, 0.2) is 85.1 Å². The predicted molar refractivity (Wildman–Crippen MR) is 139 cm³/mol. The van der Waals surface area contributed by atoms with Gasteiger partial charge in [0.2, 0.25) is 5.91 Å². The van der Waals surface area contributed by atoms with Gasteiger partial charge in [0.05, 0.1) is 0 Å². The molecule has 1 amide bonds. The number of fused-ring (bicyclic) bond motifs is 1. The Morgan fingerprint density at radius 2 is 1.71 bits per heavy atom. The third kappa shape index (κ3) is 6.50. The van der Waals surface area contributed by atoms with Gasteiger partial charge in [0.15, 0.2) is 0 Å². The third-order valence-corrected chi connectivity index (χ3v) is 6.19. The smallest absolute Gasteiger partial charge is 0.222 e. The van der Waals surface area contributed by atoms with Crippen molar-refractivity contribution in [2.24, 2.45) is 0 Å². The molecule has 4 aromatic rings. The second kappa shape index (κ2) is 12.1. The number of hydrogen-bond donors (Lipinski definition) is 1.